The minimum atomic E-state index is -0.518. The molecule has 1 atom stereocenters. The number of hydrogen-bond donors (Lipinski definition) is 1. The Labute approximate surface area is 120 Å². The Balaban J connectivity index is 2.19. The number of benzene rings is 2. The zero-order chi connectivity index (χ0) is 13.8. The summed E-state index contributed by atoms with van der Waals surface area (Å²) in [6, 6.07) is 23.2. The number of hydrogen-bond acceptors (Lipinski definition) is 1. The summed E-state index contributed by atoms with van der Waals surface area (Å²) in [6.45, 7) is 2.14. The van der Waals surface area contributed by atoms with Crippen LogP contribution >= 0.6 is 0 Å². The molecule has 1 saturated heterocycles. The van der Waals surface area contributed by atoms with Gasteiger partial charge in [0, 0.05) is 12.3 Å². The third kappa shape index (κ3) is 2.01. The van der Waals surface area contributed by atoms with Gasteiger partial charge < -0.3 is 5.32 Å². The van der Waals surface area contributed by atoms with E-state index in [4.69, 9.17) is 0 Å². The Morgan fingerprint density at radius 1 is 0.950 bits per heavy atom. The highest BCUT2D eigenvalue weighted by Gasteiger charge is 2.45. The summed E-state index contributed by atoms with van der Waals surface area (Å²) in [6.07, 6.45) is 1.09. The molecule has 20 heavy (non-hydrogen) atoms. The van der Waals surface area contributed by atoms with E-state index in [-0.39, 0.29) is 0 Å². The molecule has 0 bridgehead atoms. The molecule has 2 heteroatoms. The van der Waals surface area contributed by atoms with Crippen molar-refractivity contribution in [3.63, 3.8) is 0 Å². The van der Waals surface area contributed by atoms with Crippen molar-refractivity contribution in [2.45, 2.75) is 11.8 Å². The van der Waals surface area contributed by atoms with E-state index in [2.05, 4.69) is 35.7 Å². The van der Waals surface area contributed by atoms with Crippen LogP contribution in [-0.2, 0) is 5.41 Å². The third-order valence-corrected chi connectivity index (χ3v) is 4.42. The first-order valence-electron chi connectivity index (χ1n) is 7.22. The maximum absolute atomic E-state index is 10.1. The highest BCUT2D eigenvalue weighted by Crippen LogP contribution is 2.40. The molecule has 0 spiro atoms. The monoisotopic (exact) mass is 263 g/mol. The summed E-state index contributed by atoms with van der Waals surface area (Å²) in [7, 11) is 0. The van der Waals surface area contributed by atoms with E-state index in [0.717, 1.165) is 30.6 Å². The Kier molecular flexibility index (Phi) is 3.54. The van der Waals surface area contributed by atoms with Crippen molar-refractivity contribution in [3.8, 4) is 6.07 Å². The van der Waals surface area contributed by atoms with Gasteiger partial charge in [0.05, 0.1) is 19.2 Å². The maximum atomic E-state index is 10.1. The van der Waals surface area contributed by atoms with Crippen LogP contribution in [0.4, 0.5) is 0 Å². The molecular formula is C18H19N2+. The van der Waals surface area contributed by atoms with E-state index < -0.39 is 5.41 Å². The fourth-order valence-electron chi connectivity index (χ4n) is 3.41. The topological polar surface area (TPSA) is 40.4 Å². The van der Waals surface area contributed by atoms with Crippen molar-refractivity contribution in [1.82, 2.24) is 0 Å². The predicted molar refractivity (Wildman–Crippen MR) is 79.0 cm³/mol. The fourth-order valence-corrected chi connectivity index (χ4v) is 3.41. The van der Waals surface area contributed by atoms with Gasteiger partial charge in [0.15, 0.2) is 0 Å². The zero-order valence-electron chi connectivity index (χ0n) is 11.5. The third-order valence-electron chi connectivity index (χ3n) is 4.42. The fraction of sp³-hybridized carbons (Fsp3) is 0.278. The van der Waals surface area contributed by atoms with Crippen LogP contribution in [0.5, 0.6) is 0 Å². The highest BCUT2D eigenvalue weighted by molar-refractivity contribution is 5.47. The number of quaternary nitrogens is 1. The second kappa shape index (κ2) is 5.48. The van der Waals surface area contributed by atoms with E-state index >= 15 is 0 Å². The summed E-state index contributed by atoms with van der Waals surface area (Å²) in [4.78, 5) is 0. The minimum Gasteiger partial charge on any atom is -0.346 e. The summed E-state index contributed by atoms with van der Waals surface area (Å²) in [5.74, 6) is 0.373. The molecule has 3 rings (SSSR count). The van der Waals surface area contributed by atoms with Gasteiger partial charge in [-0.2, -0.15) is 5.26 Å². The number of rotatable bonds is 3. The van der Waals surface area contributed by atoms with Crippen molar-refractivity contribution in [3.05, 3.63) is 71.8 Å². The van der Waals surface area contributed by atoms with Crippen molar-refractivity contribution >= 4 is 0 Å². The van der Waals surface area contributed by atoms with Gasteiger partial charge in [0.1, 0.15) is 5.41 Å². The first kappa shape index (κ1) is 12.9. The lowest BCUT2D eigenvalue weighted by molar-refractivity contribution is -0.638. The molecule has 0 amide bonds. The average molecular weight is 263 g/mol. The predicted octanol–water partition coefficient (Wildman–Crippen LogP) is 2.08. The molecule has 2 nitrogen and oxygen atoms in total. The van der Waals surface area contributed by atoms with Crippen LogP contribution in [-0.4, -0.2) is 13.1 Å². The number of nitrogens with zero attached hydrogens (tertiary/aromatic N) is 1. The molecule has 0 aliphatic carbocycles. The first-order chi connectivity index (χ1) is 9.88. The molecule has 2 aromatic rings. The van der Waals surface area contributed by atoms with Gasteiger partial charge in [-0.1, -0.05) is 60.7 Å². The normalized spacial score (nSPS) is 18.6. The molecule has 0 radical (unpaired) electrons. The number of nitriles is 1. The van der Waals surface area contributed by atoms with Crippen LogP contribution in [0.25, 0.3) is 0 Å². The van der Waals surface area contributed by atoms with E-state index in [0.29, 0.717) is 5.92 Å². The Hall–Kier alpha value is -2.11. The number of nitrogens with two attached hydrogens (primary N) is 1. The smallest absolute Gasteiger partial charge is 0.115 e. The van der Waals surface area contributed by atoms with Crippen LogP contribution in [0.2, 0.25) is 0 Å². The molecule has 1 aliphatic rings. The maximum Gasteiger partial charge on any atom is 0.115 e. The molecular weight excluding hydrogens is 244 g/mol. The summed E-state index contributed by atoms with van der Waals surface area (Å²) in [5.41, 5.74) is 1.72. The molecule has 1 fully saturated rings. The van der Waals surface area contributed by atoms with Crippen LogP contribution in [0.3, 0.4) is 0 Å². The van der Waals surface area contributed by atoms with Crippen LogP contribution < -0.4 is 5.32 Å². The Morgan fingerprint density at radius 3 is 1.90 bits per heavy atom. The highest BCUT2D eigenvalue weighted by atomic mass is 14.9. The largest absolute Gasteiger partial charge is 0.346 e. The summed E-state index contributed by atoms with van der Waals surface area (Å²) in [5, 5.41) is 12.4. The van der Waals surface area contributed by atoms with Crippen molar-refractivity contribution in [1.29, 1.82) is 5.26 Å². The van der Waals surface area contributed by atoms with Crippen LogP contribution in [0.1, 0.15) is 17.5 Å². The first-order valence-corrected chi connectivity index (χ1v) is 7.22. The molecule has 100 valence electrons. The molecule has 1 heterocycles. The standard InChI is InChI=1S/C18H18N2/c19-14-18(17-11-12-20-13-17,15-7-3-1-4-8-15)16-9-5-2-6-10-16/h1-10,17,20H,11-13H2/p+1. The van der Waals surface area contributed by atoms with Gasteiger partial charge in [-0.3, -0.25) is 0 Å². The quantitative estimate of drug-likeness (QED) is 0.905. The second-order valence-electron chi connectivity index (χ2n) is 5.45. The van der Waals surface area contributed by atoms with Gasteiger partial charge in [-0.05, 0) is 11.1 Å². The van der Waals surface area contributed by atoms with E-state index in [9.17, 15) is 5.26 Å². The Bertz CT molecular complexity index is 553. The lowest BCUT2D eigenvalue weighted by atomic mass is 9.66. The molecule has 1 aliphatic heterocycles. The van der Waals surface area contributed by atoms with E-state index in [1.165, 1.54) is 0 Å². The van der Waals surface area contributed by atoms with Gasteiger partial charge in [-0.25, -0.2) is 0 Å². The molecule has 0 saturated carbocycles. The van der Waals surface area contributed by atoms with Crippen molar-refractivity contribution in [2.24, 2.45) is 5.92 Å². The van der Waals surface area contributed by atoms with Crippen LogP contribution in [0.15, 0.2) is 60.7 Å². The van der Waals surface area contributed by atoms with E-state index in [1.54, 1.807) is 0 Å². The van der Waals surface area contributed by atoms with E-state index in [1.807, 2.05) is 36.4 Å². The zero-order valence-corrected chi connectivity index (χ0v) is 11.5. The summed E-state index contributed by atoms with van der Waals surface area (Å²) >= 11 is 0. The van der Waals surface area contributed by atoms with Crippen molar-refractivity contribution in [2.75, 3.05) is 13.1 Å². The van der Waals surface area contributed by atoms with Crippen molar-refractivity contribution < 1.29 is 5.32 Å². The molecule has 1 unspecified atom stereocenters. The molecule has 2 N–H and O–H groups in total. The molecule has 0 aromatic heterocycles. The lowest BCUT2D eigenvalue weighted by Crippen LogP contribution is -2.81. The second-order valence-corrected chi connectivity index (χ2v) is 5.45. The molecule has 2 aromatic carbocycles. The average Bonchev–Trinajstić information content (AvgIpc) is 3.06. The van der Waals surface area contributed by atoms with Gasteiger partial charge in [-0.15, -0.1) is 0 Å². The lowest BCUT2D eigenvalue weighted by Gasteiger charge is -2.32. The van der Waals surface area contributed by atoms with Crippen LogP contribution in [0, 0.1) is 17.2 Å². The minimum absolute atomic E-state index is 0.373. The SMILES string of the molecule is N#CC(c1ccccc1)(c1ccccc1)C1CC[NH2+]C1. The van der Waals surface area contributed by atoms with Gasteiger partial charge in [0.25, 0.3) is 0 Å². The summed E-state index contributed by atoms with van der Waals surface area (Å²) < 4.78 is 0. The van der Waals surface area contributed by atoms with Gasteiger partial charge >= 0.3 is 0 Å². The van der Waals surface area contributed by atoms with Gasteiger partial charge in [0.2, 0.25) is 0 Å². The Morgan fingerprint density at radius 2 is 1.50 bits per heavy atom.